The average Bonchev–Trinajstić information content (AvgIpc) is 3.23. The van der Waals surface area contributed by atoms with Crippen LogP contribution in [0.5, 0.6) is 11.5 Å². The number of fused-ring (bicyclic) bond motifs is 4. The van der Waals surface area contributed by atoms with Crippen molar-refractivity contribution in [3.05, 3.63) is 35.7 Å². The molecule has 1 N–H and O–H groups in total. The molecule has 0 fully saturated rings. The van der Waals surface area contributed by atoms with Gasteiger partial charge in [-0.15, -0.1) is 0 Å². The third-order valence-corrected chi connectivity index (χ3v) is 4.57. The fraction of sp³-hybridized carbons (Fsp3) is 0.294. The molecule has 2 aliphatic rings. The van der Waals surface area contributed by atoms with Gasteiger partial charge in [-0.2, -0.15) is 5.10 Å². The summed E-state index contributed by atoms with van der Waals surface area (Å²) in [6, 6.07) is 4.09. The van der Waals surface area contributed by atoms with Gasteiger partial charge >= 0.3 is 0 Å². The molecule has 0 bridgehead atoms. The molecule has 0 saturated heterocycles. The number of pyridine rings is 1. The predicted octanol–water partition coefficient (Wildman–Crippen LogP) is 3.23. The quantitative estimate of drug-likeness (QED) is 0.748. The molecule has 5 heteroatoms. The van der Waals surface area contributed by atoms with E-state index in [1.165, 1.54) is 29.4 Å². The van der Waals surface area contributed by atoms with E-state index in [9.17, 15) is 0 Å². The number of hydrogen-bond acceptors (Lipinski definition) is 4. The summed E-state index contributed by atoms with van der Waals surface area (Å²) in [5, 5.41) is 8.17. The summed E-state index contributed by atoms with van der Waals surface area (Å²) in [7, 11) is 0. The van der Waals surface area contributed by atoms with Crippen molar-refractivity contribution in [1.29, 1.82) is 0 Å². The molecule has 0 amide bonds. The standard InChI is InChI=1S/C17H15N3O2/c1-2-4-12-11(3-1)13-5-15-16(22-9-21-15)6-14(13)20-17(12)10-7-18-19-8-10/h5-8H,1-4,9H2,(H,18,19). The minimum atomic E-state index is 0.294. The smallest absolute Gasteiger partial charge is 0.231 e. The normalized spacial score (nSPS) is 16.0. The van der Waals surface area contributed by atoms with Crippen LogP contribution in [-0.2, 0) is 12.8 Å². The van der Waals surface area contributed by atoms with E-state index in [0.29, 0.717) is 6.79 Å². The maximum absolute atomic E-state index is 5.54. The van der Waals surface area contributed by atoms with Gasteiger partial charge in [0.25, 0.3) is 0 Å². The van der Waals surface area contributed by atoms with Crippen molar-refractivity contribution in [3.8, 4) is 22.8 Å². The number of nitrogens with zero attached hydrogens (tertiary/aromatic N) is 2. The molecule has 0 atom stereocenters. The Labute approximate surface area is 127 Å². The minimum Gasteiger partial charge on any atom is -0.454 e. The topological polar surface area (TPSA) is 60.0 Å². The first-order chi connectivity index (χ1) is 10.9. The highest BCUT2D eigenvalue weighted by Gasteiger charge is 2.23. The number of aromatic amines is 1. The Morgan fingerprint density at radius 3 is 2.64 bits per heavy atom. The van der Waals surface area contributed by atoms with Gasteiger partial charge in [0.2, 0.25) is 6.79 Å². The Morgan fingerprint density at radius 2 is 1.82 bits per heavy atom. The van der Waals surface area contributed by atoms with Crippen LogP contribution in [0.3, 0.4) is 0 Å². The first-order valence-electron chi connectivity index (χ1n) is 7.64. The molecule has 2 aromatic heterocycles. The predicted molar refractivity (Wildman–Crippen MR) is 82.1 cm³/mol. The van der Waals surface area contributed by atoms with Crippen LogP contribution in [-0.4, -0.2) is 22.0 Å². The van der Waals surface area contributed by atoms with Crippen LogP contribution in [0.4, 0.5) is 0 Å². The summed E-state index contributed by atoms with van der Waals surface area (Å²) in [6.45, 7) is 0.294. The molecule has 22 heavy (non-hydrogen) atoms. The van der Waals surface area contributed by atoms with Crippen LogP contribution >= 0.6 is 0 Å². The first-order valence-corrected chi connectivity index (χ1v) is 7.64. The second-order valence-electron chi connectivity index (χ2n) is 5.83. The molecule has 1 aliphatic carbocycles. The van der Waals surface area contributed by atoms with Crippen molar-refractivity contribution >= 4 is 10.9 Å². The van der Waals surface area contributed by atoms with E-state index in [1.54, 1.807) is 0 Å². The lowest BCUT2D eigenvalue weighted by Gasteiger charge is -2.21. The second kappa shape index (κ2) is 4.47. The maximum atomic E-state index is 5.54. The summed E-state index contributed by atoms with van der Waals surface area (Å²) >= 11 is 0. The highest BCUT2D eigenvalue weighted by Crippen LogP contribution is 2.41. The zero-order valence-corrected chi connectivity index (χ0v) is 12.1. The van der Waals surface area contributed by atoms with Crippen molar-refractivity contribution < 1.29 is 9.47 Å². The molecule has 0 saturated carbocycles. The monoisotopic (exact) mass is 293 g/mol. The van der Waals surface area contributed by atoms with Gasteiger partial charge in [0.15, 0.2) is 11.5 Å². The fourth-order valence-corrected chi connectivity index (χ4v) is 3.54. The summed E-state index contributed by atoms with van der Waals surface area (Å²) in [6.07, 6.45) is 8.37. The van der Waals surface area contributed by atoms with E-state index in [4.69, 9.17) is 14.5 Å². The molecule has 110 valence electrons. The van der Waals surface area contributed by atoms with E-state index in [0.717, 1.165) is 41.1 Å². The summed E-state index contributed by atoms with van der Waals surface area (Å²) in [5.74, 6) is 1.62. The van der Waals surface area contributed by atoms with Gasteiger partial charge in [-0.3, -0.25) is 5.10 Å². The highest BCUT2D eigenvalue weighted by atomic mass is 16.7. The SMILES string of the molecule is c1n[nH]cc1-c1nc2cc3c(cc2c2c1CCCC2)OCO3. The number of aryl methyl sites for hydroxylation is 1. The van der Waals surface area contributed by atoms with E-state index in [1.807, 2.05) is 18.5 Å². The lowest BCUT2D eigenvalue weighted by molar-refractivity contribution is 0.174. The minimum absolute atomic E-state index is 0.294. The molecule has 0 spiro atoms. The number of rotatable bonds is 1. The van der Waals surface area contributed by atoms with Crippen LogP contribution in [0.1, 0.15) is 24.0 Å². The second-order valence-corrected chi connectivity index (χ2v) is 5.83. The van der Waals surface area contributed by atoms with Gasteiger partial charge in [-0.05, 0) is 42.9 Å². The van der Waals surface area contributed by atoms with Gasteiger partial charge in [0, 0.05) is 23.2 Å². The maximum Gasteiger partial charge on any atom is 0.231 e. The molecule has 5 rings (SSSR count). The number of nitrogens with one attached hydrogen (secondary N) is 1. The number of benzene rings is 1. The largest absolute Gasteiger partial charge is 0.454 e. The van der Waals surface area contributed by atoms with Crippen molar-refractivity contribution in [1.82, 2.24) is 15.2 Å². The number of ether oxygens (including phenoxy) is 2. The Hall–Kier alpha value is -2.56. The fourth-order valence-electron chi connectivity index (χ4n) is 3.54. The number of H-pyrrole nitrogens is 1. The molecule has 3 heterocycles. The molecule has 3 aromatic rings. The van der Waals surface area contributed by atoms with Crippen molar-refractivity contribution in [2.24, 2.45) is 0 Å². The third kappa shape index (κ3) is 1.65. The van der Waals surface area contributed by atoms with Crippen LogP contribution in [0.15, 0.2) is 24.5 Å². The zero-order chi connectivity index (χ0) is 14.5. The molecular formula is C17H15N3O2. The van der Waals surface area contributed by atoms with E-state index in [-0.39, 0.29) is 0 Å². The lowest BCUT2D eigenvalue weighted by atomic mass is 9.86. The number of aromatic nitrogens is 3. The van der Waals surface area contributed by atoms with Gasteiger partial charge in [-0.1, -0.05) is 0 Å². The molecule has 0 radical (unpaired) electrons. The van der Waals surface area contributed by atoms with Gasteiger partial charge < -0.3 is 9.47 Å². The van der Waals surface area contributed by atoms with Crippen molar-refractivity contribution in [2.75, 3.05) is 6.79 Å². The molecular weight excluding hydrogens is 278 g/mol. The summed E-state index contributed by atoms with van der Waals surface area (Å²) < 4.78 is 11.0. The highest BCUT2D eigenvalue weighted by molar-refractivity contribution is 5.90. The van der Waals surface area contributed by atoms with Crippen molar-refractivity contribution in [2.45, 2.75) is 25.7 Å². The van der Waals surface area contributed by atoms with Crippen LogP contribution < -0.4 is 9.47 Å². The van der Waals surface area contributed by atoms with E-state index in [2.05, 4.69) is 16.3 Å². The average molecular weight is 293 g/mol. The van der Waals surface area contributed by atoms with Crippen LogP contribution in [0, 0.1) is 0 Å². The lowest BCUT2D eigenvalue weighted by Crippen LogP contribution is -2.07. The van der Waals surface area contributed by atoms with Crippen LogP contribution in [0.25, 0.3) is 22.2 Å². The Balaban J connectivity index is 1.85. The van der Waals surface area contributed by atoms with Gasteiger partial charge in [0.05, 0.1) is 17.4 Å². The van der Waals surface area contributed by atoms with Gasteiger partial charge in [-0.25, -0.2) is 4.98 Å². The van der Waals surface area contributed by atoms with E-state index < -0.39 is 0 Å². The van der Waals surface area contributed by atoms with Crippen LogP contribution in [0.2, 0.25) is 0 Å². The van der Waals surface area contributed by atoms with Gasteiger partial charge in [0.1, 0.15) is 0 Å². The molecule has 1 aliphatic heterocycles. The van der Waals surface area contributed by atoms with E-state index >= 15 is 0 Å². The first kappa shape index (κ1) is 12.0. The molecule has 5 nitrogen and oxygen atoms in total. The number of hydrogen-bond donors (Lipinski definition) is 1. The third-order valence-electron chi connectivity index (χ3n) is 4.57. The van der Waals surface area contributed by atoms with Crippen molar-refractivity contribution in [3.63, 3.8) is 0 Å². The Kier molecular flexibility index (Phi) is 2.44. The zero-order valence-electron chi connectivity index (χ0n) is 12.1. The molecule has 1 aromatic carbocycles. The Morgan fingerprint density at radius 1 is 1.00 bits per heavy atom. The molecule has 0 unspecified atom stereocenters. The Bertz CT molecular complexity index is 871. The summed E-state index contributed by atoms with van der Waals surface area (Å²) in [5.41, 5.74) is 5.85. The summed E-state index contributed by atoms with van der Waals surface area (Å²) in [4.78, 5) is 4.91.